The molecule has 1 saturated carbocycles. The summed E-state index contributed by atoms with van der Waals surface area (Å²) in [6.07, 6.45) is 3.93. The summed E-state index contributed by atoms with van der Waals surface area (Å²) in [5.41, 5.74) is -0.135. The van der Waals surface area contributed by atoms with Gasteiger partial charge in [-0.3, -0.25) is 4.79 Å². The number of hydrogen-bond donors (Lipinski definition) is 1. The van der Waals surface area contributed by atoms with Crippen LogP contribution in [0.15, 0.2) is 0 Å². The summed E-state index contributed by atoms with van der Waals surface area (Å²) in [6, 6.07) is 0. The van der Waals surface area contributed by atoms with Crippen molar-refractivity contribution >= 4 is 11.9 Å². The highest BCUT2D eigenvalue weighted by atomic mass is 16.5. The van der Waals surface area contributed by atoms with E-state index in [-0.39, 0.29) is 12.1 Å². The molecule has 0 aliphatic heterocycles. The second-order valence-electron chi connectivity index (χ2n) is 3.66. The molecule has 0 aromatic heterocycles. The van der Waals surface area contributed by atoms with Gasteiger partial charge in [0.25, 0.3) is 0 Å². The minimum absolute atomic E-state index is 0.135. The van der Waals surface area contributed by atoms with Crippen molar-refractivity contribution < 1.29 is 14.3 Å². The number of carbonyl (C=O) groups excluding carboxylic acids is 2. The van der Waals surface area contributed by atoms with Crippen LogP contribution in [-0.2, 0) is 14.3 Å². The maximum Gasteiger partial charge on any atom is 0.396 e. The van der Waals surface area contributed by atoms with Gasteiger partial charge in [-0.25, -0.2) is 4.79 Å². The third-order valence-corrected chi connectivity index (χ3v) is 2.83. The van der Waals surface area contributed by atoms with Crippen molar-refractivity contribution in [3.05, 3.63) is 0 Å². The Morgan fingerprint density at radius 1 is 1.36 bits per heavy atom. The Bertz CT molecular complexity index is 228. The van der Waals surface area contributed by atoms with Gasteiger partial charge in [0.15, 0.2) is 0 Å². The number of rotatable bonds is 3. The molecule has 4 heteroatoms. The van der Waals surface area contributed by atoms with Crippen LogP contribution >= 0.6 is 0 Å². The van der Waals surface area contributed by atoms with Crippen molar-refractivity contribution in [1.82, 2.24) is 5.32 Å². The molecule has 4 nitrogen and oxygen atoms in total. The highest BCUT2D eigenvalue weighted by Gasteiger charge is 2.38. The predicted molar refractivity (Wildman–Crippen MR) is 51.6 cm³/mol. The smallest absolute Gasteiger partial charge is 0.396 e. The van der Waals surface area contributed by atoms with Crippen molar-refractivity contribution in [1.29, 1.82) is 0 Å². The molecule has 0 atom stereocenters. The zero-order valence-electron chi connectivity index (χ0n) is 8.76. The fraction of sp³-hybridized carbons (Fsp3) is 0.800. The van der Waals surface area contributed by atoms with Crippen molar-refractivity contribution in [2.45, 2.75) is 45.1 Å². The lowest BCUT2D eigenvalue weighted by Crippen LogP contribution is -2.55. The lowest BCUT2D eigenvalue weighted by Gasteiger charge is -2.41. The van der Waals surface area contributed by atoms with Crippen LogP contribution < -0.4 is 5.32 Å². The first-order valence-electron chi connectivity index (χ1n) is 5.13. The Balaban J connectivity index is 2.43. The standard InChI is InChI=1S/C10H17NO3/c1-3-10(6-5-7-10)11-8(12)9(13)14-4-2/h3-7H2,1-2H3,(H,11,12). The van der Waals surface area contributed by atoms with Crippen molar-refractivity contribution in [2.75, 3.05) is 6.61 Å². The molecular weight excluding hydrogens is 182 g/mol. The topological polar surface area (TPSA) is 55.4 Å². The average molecular weight is 199 g/mol. The quantitative estimate of drug-likeness (QED) is 0.545. The molecule has 1 aliphatic carbocycles. The molecule has 0 spiro atoms. The van der Waals surface area contributed by atoms with Gasteiger partial charge in [0, 0.05) is 5.54 Å². The predicted octanol–water partition coefficient (Wildman–Crippen LogP) is 0.998. The van der Waals surface area contributed by atoms with Crippen LogP contribution in [0.25, 0.3) is 0 Å². The molecule has 1 amide bonds. The molecule has 0 unspecified atom stereocenters. The number of hydrogen-bond acceptors (Lipinski definition) is 3. The van der Waals surface area contributed by atoms with Crippen LogP contribution in [0.5, 0.6) is 0 Å². The lowest BCUT2D eigenvalue weighted by atomic mass is 9.75. The Hall–Kier alpha value is -1.06. The van der Waals surface area contributed by atoms with E-state index < -0.39 is 11.9 Å². The molecule has 1 fully saturated rings. The SMILES string of the molecule is CCOC(=O)C(=O)NC1(CC)CCC1. The van der Waals surface area contributed by atoms with Gasteiger partial charge in [0.05, 0.1) is 6.61 Å². The second-order valence-corrected chi connectivity index (χ2v) is 3.66. The van der Waals surface area contributed by atoms with Crippen LogP contribution in [0.4, 0.5) is 0 Å². The first kappa shape index (κ1) is 11.0. The Morgan fingerprint density at radius 2 is 2.00 bits per heavy atom. The third kappa shape index (κ3) is 2.25. The molecule has 0 radical (unpaired) electrons. The molecule has 1 rings (SSSR count). The molecule has 0 saturated heterocycles. The second kappa shape index (κ2) is 4.44. The van der Waals surface area contributed by atoms with E-state index in [0.29, 0.717) is 0 Å². The largest absolute Gasteiger partial charge is 0.459 e. The number of esters is 1. The van der Waals surface area contributed by atoms with E-state index in [4.69, 9.17) is 0 Å². The number of nitrogens with one attached hydrogen (secondary N) is 1. The van der Waals surface area contributed by atoms with Gasteiger partial charge in [-0.1, -0.05) is 6.92 Å². The van der Waals surface area contributed by atoms with E-state index in [2.05, 4.69) is 10.1 Å². The van der Waals surface area contributed by atoms with Gasteiger partial charge < -0.3 is 10.1 Å². The highest BCUT2D eigenvalue weighted by Crippen LogP contribution is 2.34. The van der Waals surface area contributed by atoms with Gasteiger partial charge in [0.2, 0.25) is 0 Å². The van der Waals surface area contributed by atoms with Gasteiger partial charge in [0.1, 0.15) is 0 Å². The zero-order valence-corrected chi connectivity index (χ0v) is 8.76. The Kier molecular flexibility index (Phi) is 3.49. The molecule has 0 bridgehead atoms. The van der Waals surface area contributed by atoms with Crippen molar-refractivity contribution in [3.63, 3.8) is 0 Å². The van der Waals surface area contributed by atoms with E-state index in [1.807, 2.05) is 6.92 Å². The molecule has 0 aromatic rings. The lowest BCUT2D eigenvalue weighted by molar-refractivity contribution is -0.156. The van der Waals surface area contributed by atoms with Crippen LogP contribution in [-0.4, -0.2) is 24.0 Å². The fourth-order valence-corrected chi connectivity index (χ4v) is 1.66. The normalized spacial score (nSPS) is 18.1. The summed E-state index contributed by atoms with van der Waals surface area (Å²) in [5.74, 6) is -1.37. The van der Waals surface area contributed by atoms with E-state index in [9.17, 15) is 9.59 Å². The maximum absolute atomic E-state index is 11.3. The minimum Gasteiger partial charge on any atom is -0.459 e. The molecule has 1 aliphatic rings. The number of ether oxygens (including phenoxy) is 1. The third-order valence-electron chi connectivity index (χ3n) is 2.83. The van der Waals surface area contributed by atoms with Crippen molar-refractivity contribution in [3.8, 4) is 0 Å². The van der Waals surface area contributed by atoms with E-state index in [1.54, 1.807) is 6.92 Å². The number of carbonyl (C=O) groups is 2. The van der Waals surface area contributed by atoms with E-state index in [0.717, 1.165) is 25.7 Å². The Morgan fingerprint density at radius 3 is 2.36 bits per heavy atom. The van der Waals surface area contributed by atoms with Crippen LogP contribution in [0.3, 0.4) is 0 Å². The minimum atomic E-state index is -0.771. The summed E-state index contributed by atoms with van der Waals surface area (Å²) >= 11 is 0. The summed E-state index contributed by atoms with van der Waals surface area (Å²) in [4.78, 5) is 22.4. The highest BCUT2D eigenvalue weighted by molar-refractivity contribution is 6.32. The maximum atomic E-state index is 11.3. The molecule has 0 aromatic carbocycles. The van der Waals surface area contributed by atoms with Crippen LogP contribution in [0.1, 0.15) is 39.5 Å². The van der Waals surface area contributed by atoms with Gasteiger partial charge in [-0.15, -0.1) is 0 Å². The summed E-state index contributed by atoms with van der Waals surface area (Å²) in [7, 11) is 0. The molecule has 0 heterocycles. The summed E-state index contributed by atoms with van der Waals surface area (Å²) in [5, 5.41) is 2.75. The molecule has 80 valence electrons. The van der Waals surface area contributed by atoms with Crippen molar-refractivity contribution in [2.24, 2.45) is 0 Å². The fourth-order valence-electron chi connectivity index (χ4n) is 1.66. The van der Waals surface area contributed by atoms with E-state index >= 15 is 0 Å². The van der Waals surface area contributed by atoms with Crippen LogP contribution in [0.2, 0.25) is 0 Å². The molecule has 14 heavy (non-hydrogen) atoms. The average Bonchev–Trinajstić information content (AvgIpc) is 2.11. The molecular formula is C10H17NO3. The zero-order chi connectivity index (χ0) is 10.6. The summed E-state index contributed by atoms with van der Waals surface area (Å²) < 4.78 is 4.61. The van der Waals surface area contributed by atoms with E-state index in [1.165, 1.54) is 0 Å². The van der Waals surface area contributed by atoms with Gasteiger partial charge in [-0.2, -0.15) is 0 Å². The Labute approximate surface area is 84.0 Å². The first-order valence-corrected chi connectivity index (χ1v) is 5.13. The van der Waals surface area contributed by atoms with Gasteiger partial charge >= 0.3 is 11.9 Å². The first-order chi connectivity index (χ1) is 6.63. The molecule has 1 N–H and O–H groups in total. The number of amides is 1. The van der Waals surface area contributed by atoms with Crippen LogP contribution in [0, 0.1) is 0 Å². The monoisotopic (exact) mass is 199 g/mol. The van der Waals surface area contributed by atoms with Gasteiger partial charge in [-0.05, 0) is 32.6 Å². The summed E-state index contributed by atoms with van der Waals surface area (Å²) in [6.45, 7) is 3.94.